The lowest BCUT2D eigenvalue weighted by Gasteiger charge is -2.10. The number of aryl methyl sites for hydroxylation is 4. The Morgan fingerprint density at radius 2 is 1.16 bits per heavy atom. The van der Waals surface area contributed by atoms with Crippen molar-refractivity contribution in [2.45, 2.75) is 27.7 Å². The van der Waals surface area contributed by atoms with Gasteiger partial charge in [0.25, 0.3) is 0 Å². The van der Waals surface area contributed by atoms with E-state index < -0.39 is 0 Å². The molecule has 158 valence electrons. The third-order valence-corrected chi connectivity index (χ3v) is 6.92. The van der Waals surface area contributed by atoms with Crippen molar-refractivity contribution < 1.29 is 0 Å². The van der Waals surface area contributed by atoms with Crippen molar-refractivity contribution >= 4 is 27.2 Å². The van der Waals surface area contributed by atoms with Gasteiger partial charge in [0.2, 0.25) is 0 Å². The lowest BCUT2D eigenvalue weighted by Crippen LogP contribution is -1.89. The highest BCUT2D eigenvalue weighted by Crippen LogP contribution is 2.43. The monoisotopic (exact) mass is 434 g/mol. The highest BCUT2D eigenvalue weighted by atomic mass is 32.1. The van der Waals surface area contributed by atoms with Gasteiger partial charge in [0.15, 0.2) is 0 Å². The molecule has 32 heavy (non-hydrogen) atoms. The summed E-state index contributed by atoms with van der Waals surface area (Å²) in [4.78, 5) is 5.15. The number of hydrogen-bond acceptors (Lipinski definition) is 3. The van der Waals surface area contributed by atoms with Gasteiger partial charge in [-0.25, -0.2) is 4.98 Å². The first-order valence-electron chi connectivity index (χ1n) is 10.8. The van der Waals surface area contributed by atoms with E-state index in [0.717, 1.165) is 27.3 Å². The van der Waals surface area contributed by atoms with Crippen LogP contribution in [0.25, 0.3) is 43.0 Å². The van der Waals surface area contributed by atoms with Gasteiger partial charge in [0.05, 0.1) is 10.2 Å². The van der Waals surface area contributed by atoms with Crippen LogP contribution >= 0.6 is 11.3 Å². The fraction of sp³-hybridized carbons (Fsp3) is 0.138. The molecule has 0 unspecified atom stereocenters. The summed E-state index contributed by atoms with van der Waals surface area (Å²) in [7, 11) is 0. The summed E-state index contributed by atoms with van der Waals surface area (Å²) in [6.07, 6.45) is 0. The summed E-state index contributed by atoms with van der Waals surface area (Å²) in [5, 5.41) is 0.959. The summed E-state index contributed by atoms with van der Waals surface area (Å²) in [5.74, 6) is 0. The van der Waals surface area contributed by atoms with E-state index in [0.29, 0.717) is 0 Å². The number of hydrogen-bond donors (Lipinski definition) is 1. The third kappa shape index (κ3) is 3.69. The summed E-state index contributed by atoms with van der Waals surface area (Å²) in [6.45, 7) is 8.60. The zero-order valence-electron chi connectivity index (χ0n) is 18.9. The van der Waals surface area contributed by atoms with Crippen molar-refractivity contribution in [3.63, 3.8) is 0 Å². The van der Waals surface area contributed by atoms with Crippen LogP contribution in [0.15, 0.2) is 72.8 Å². The largest absolute Gasteiger partial charge is 0.398 e. The molecule has 5 aromatic rings. The fourth-order valence-corrected chi connectivity index (χ4v) is 5.71. The van der Waals surface area contributed by atoms with E-state index >= 15 is 0 Å². The third-order valence-electron chi connectivity index (χ3n) is 5.80. The molecule has 0 bridgehead atoms. The van der Waals surface area contributed by atoms with Crippen molar-refractivity contribution in [1.29, 1.82) is 0 Å². The number of para-hydroxylation sites is 1. The van der Waals surface area contributed by atoms with Gasteiger partial charge in [-0.1, -0.05) is 82.9 Å². The zero-order chi connectivity index (χ0) is 22.4. The highest BCUT2D eigenvalue weighted by molar-refractivity contribution is 7.22. The number of fused-ring (bicyclic) bond motifs is 1. The first-order valence-corrected chi connectivity index (χ1v) is 11.7. The molecule has 5 rings (SSSR count). The molecule has 1 aromatic heterocycles. The van der Waals surface area contributed by atoms with Crippen LogP contribution in [0, 0.1) is 27.7 Å². The van der Waals surface area contributed by atoms with Crippen LogP contribution in [-0.2, 0) is 0 Å². The molecule has 2 nitrogen and oxygen atoms in total. The van der Waals surface area contributed by atoms with Gasteiger partial charge < -0.3 is 5.73 Å². The van der Waals surface area contributed by atoms with Gasteiger partial charge in [-0.3, -0.25) is 0 Å². The minimum absolute atomic E-state index is 0.757. The fourth-order valence-electron chi connectivity index (χ4n) is 4.53. The molecule has 1 heterocycles. The van der Waals surface area contributed by atoms with E-state index in [4.69, 9.17) is 10.7 Å². The quantitative estimate of drug-likeness (QED) is 0.291. The summed E-state index contributed by atoms with van der Waals surface area (Å²) < 4.78 is 1.20. The van der Waals surface area contributed by atoms with Crippen molar-refractivity contribution in [2.24, 2.45) is 0 Å². The lowest BCUT2D eigenvalue weighted by molar-refractivity contribution is 1.38. The number of rotatable bonds is 3. The van der Waals surface area contributed by atoms with Crippen LogP contribution in [0.5, 0.6) is 0 Å². The normalized spacial score (nSPS) is 11.2. The van der Waals surface area contributed by atoms with E-state index in [9.17, 15) is 0 Å². The Bertz CT molecular complexity index is 1350. The smallest absolute Gasteiger partial charge is 0.126 e. The Morgan fingerprint density at radius 1 is 0.625 bits per heavy atom. The Kier molecular flexibility index (Phi) is 5.07. The minimum atomic E-state index is 0.757. The standard InChI is InChI=1S/C29H26N2S/c1-17-11-18(2)14-21(13-17)23-9-10-24(22-15-19(3)12-20(4)16-22)28-27(23)31-29(32-28)25-7-5-6-8-26(25)30/h5-16H,30H2,1-4H3. The average Bonchev–Trinajstić information content (AvgIpc) is 3.17. The molecule has 0 fully saturated rings. The maximum absolute atomic E-state index is 6.32. The van der Waals surface area contributed by atoms with Crippen LogP contribution in [0.3, 0.4) is 0 Å². The number of nitrogen functional groups attached to an aromatic ring is 1. The molecule has 4 aromatic carbocycles. The van der Waals surface area contributed by atoms with Crippen LogP contribution in [0.2, 0.25) is 0 Å². The second-order valence-electron chi connectivity index (χ2n) is 8.70. The first-order chi connectivity index (χ1) is 15.4. The summed E-state index contributed by atoms with van der Waals surface area (Å²) in [5.41, 5.74) is 19.0. The minimum Gasteiger partial charge on any atom is -0.398 e. The van der Waals surface area contributed by atoms with Crippen molar-refractivity contribution in [1.82, 2.24) is 4.98 Å². The number of benzene rings is 4. The molecule has 0 saturated heterocycles. The van der Waals surface area contributed by atoms with Crippen molar-refractivity contribution in [3.05, 3.63) is 95.1 Å². The molecule has 0 aliphatic heterocycles. The molecule has 0 radical (unpaired) electrons. The first kappa shape index (κ1) is 20.5. The molecule has 3 heteroatoms. The van der Waals surface area contributed by atoms with Crippen molar-refractivity contribution in [3.8, 4) is 32.8 Å². The molecule has 0 aliphatic carbocycles. The van der Waals surface area contributed by atoms with Crippen molar-refractivity contribution in [2.75, 3.05) is 5.73 Å². The maximum Gasteiger partial charge on any atom is 0.126 e. The summed E-state index contributed by atoms with van der Waals surface area (Å²) in [6, 6.07) is 25.9. The maximum atomic E-state index is 6.32. The van der Waals surface area contributed by atoms with Gasteiger partial charge >= 0.3 is 0 Å². The lowest BCUT2D eigenvalue weighted by atomic mass is 9.95. The number of nitrogens with two attached hydrogens (primary N) is 1. The van der Waals surface area contributed by atoms with Gasteiger partial charge in [0, 0.05) is 22.4 Å². The Morgan fingerprint density at radius 3 is 1.75 bits per heavy atom. The summed E-state index contributed by atoms with van der Waals surface area (Å²) >= 11 is 1.72. The van der Waals surface area contributed by atoms with Crippen LogP contribution in [0.1, 0.15) is 22.3 Å². The number of nitrogens with zero attached hydrogens (tertiary/aromatic N) is 1. The molecule has 0 atom stereocenters. The Balaban J connectivity index is 1.82. The number of thiazole rings is 1. The van der Waals surface area contributed by atoms with E-state index in [-0.39, 0.29) is 0 Å². The van der Waals surface area contributed by atoms with Gasteiger partial charge in [-0.05, 0) is 51.0 Å². The van der Waals surface area contributed by atoms with E-state index in [1.54, 1.807) is 11.3 Å². The predicted octanol–water partition coefficient (Wildman–Crippen LogP) is 8.11. The van der Waals surface area contributed by atoms with Gasteiger partial charge in [0.1, 0.15) is 5.01 Å². The highest BCUT2D eigenvalue weighted by Gasteiger charge is 2.17. The molecule has 0 amide bonds. The molecule has 2 N–H and O–H groups in total. The average molecular weight is 435 g/mol. The Labute approximate surface area is 193 Å². The van der Waals surface area contributed by atoms with E-state index in [2.05, 4.69) is 82.3 Å². The SMILES string of the molecule is Cc1cc(C)cc(-c2ccc(-c3cc(C)cc(C)c3)c3sc(-c4ccccc4N)nc23)c1. The van der Waals surface area contributed by atoms with Crippen LogP contribution in [0.4, 0.5) is 5.69 Å². The van der Waals surface area contributed by atoms with Gasteiger partial charge in [-0.2, -0.15) is 0 Å². The predicted molar refractivity (Wildman–Crippen MR) is 139 cm³/mol. The molecule has 0 aliphatic rings. The van der Waals surface area contributed by atoms with Crippen LogP contribution in [-0.4, -0.2) is 4.98 Å². The van der Waals surface area contributed by atoms with E-state index in [1.165, 1.54) is 43.6 Å². The van der Waals surface area contributed by atoms with Crippen LogP contribution < -0.4 is 5.73 Å². The second-order valence-corrected chi connectivity index (χ2v) is 9.70. The topological polar surface area (TPSA) is 38.9 Å². The molecular weight excluding hydrogens is 408 g/mol. The Hall–Kier alpha value is -3.43. The molecule has 0 spiro atoms. The van der Waals surface area contributed by atoms with E-state index in [1.807, 2.05) is 18.2 Å². The zero-order valence-corrected chi connectivity index (χ0v) is 19.7. The number of anilines is 1. The van der Waals surface area contributed by atoms with Gasteiger partial charge in [-0.15, -0.1) is 11.3 Å². The number of aromatic nitrogens is 1. The molecule has 0 saturated carbocycles. The second kappa shape index (κ2) is 7.92. The molecular formula is C29H26N2S.